The van der Waals surface area contributed by atoms with E-state index < -0.39 is 0 Å². The summed E-state index contributed by atoms with van der Waals surface area (Å²) in [4.78, 5) is 24.2. The molecule has 2 fully saturated rings. The molecule has 0 bridgehead atoms. The zero-order chi connectivity index (χ0) is 16.1. The highest BCUT2D eigenvalue weighted by Crippen LogP contribution is 2.26. The first-order chi connectivity index (χ1) is 11.2. The molecule has 132 valence electrons. The van der Waals surface area contributed by atoms with E-state index >= 15 is 0 Å². The number of anilines is 1. The molecule has 0 radical (unpaired) electrons. The number of carbonyl (C=O) groups excluding carboxylic acids is 2. The second kappa shape index (κ2) is 9.30. The summed E-state index contributed by atoms with van der Waals surface area (Å²) in [6, 6.07) is 7.61. The van der Waals surface area contributed by atoms with Crippen LogP contribution in [0.1, 0.15) is 31.2 Å². The average Bonchev–Trinajstić information content (AvgIpc) is 3.25. The Morgan fingerprint density at radius 3 is 2.71 bits per heavy atom. The van der Waals surface area contributed by atoms with Gasteiger partial charge in [-0.05, 0) is 30.5 Å². The van der Waals surface area contributed by atoms with E-state index in [0.717, 1.165) is 48.6 Å². The highest BCUT2D eigenvalue weighted by molar-refractivity contribution is 7.99. The lowest BCUT2D eigenvalue weighted by atomic mass is 10.1. The molecule has 1 aliphatic carbocycles. The molecule has 3 N–H and O–H groups in total. The van der Waals surface area contributed by atoms with Crippen LogP contribution >= 0.6 is 24.2 Å². The van der Waals surface area contributed by atoms with E-state index in [-0.39, 0.29) is 36.2 Å². The predicted molar refractivity (Wildman–Crippen MR) is 100 cm³/mol. The normalized spacial score (nSPS) is 20.4. The molecule has 1 saturated carbocycles. The van der Waals surface area contributed by atoms with Crippen molar-refractivity contribution in [3.05, 3.63) is 29.8 Å². The molecule has 1 unspecified atom stereocenters. The van der Waals surface area contributed by atoms with Crippen LogP contribution in [0.3, 0.4) is 0 Å². The van der Waals surface area contributed by atoms with E-state index in [1.165, 1.54) is 0 Å². The van der Waals surface area contributed by atoms with Gasteiger partial charge in [0, 0.05) is 29.8 Å². The summed E-state index contributed by atoms with van der Waals surface area (Å²) in [7, 11) is 0. The fraction of sp³-hybridized carbons (Fsp3) is 0.529. The molecule has 1 saturated heterocycles. The van der Waals surface area contributed by atoms with Gasteiger partial charge in [-0.3, -0.25) is 14.9 Å². The van der Waals surface area contributed by atoms with E-state index in [1.807, 2.05) is 24.3 Å². The van der Waals surface area contributed by atoms with Crippen molar-refractivity contribution in [3.63, 3.8) is 0 Å². The van der Waals surface area contributed by atoms with Crippen LogP contribution in [-0.2, 0) is 16.1 Å². The second-order valence-corrected chi connectivity index (χ2v) is 7.19. The first-order valence-corrected chi connectivity index (χ1v) is 9.36. The maximum atomic E-state index is 12.2. The number of nitrogens with one attached hydrogen (secondary N) is 3. The molecular weight excluding hydrogens is 346 g/mol. The molecule has 2 aliphatic rings. The van der Waals surface area contributed by atoms with Gasteiger partial charge in [0.25, 0.3) is 0 Å². The SMILES string of the molecule is Cl.O=C(Nc1cccc(CNC(=O)C2CSCN2)c1)C1CCCC1. The highest BCUT2D eigenvalue weighted by Gasteiger charge is 2.23. The Labute approximate surface area is 153 Å². The number of benzene rings is 1. The molecule has 7 heteroatoms. The first-order valence-electron chi connectivity index (χ1n) is 8.21. The molecular formula is C17H24ClN3O2S. The van der Waals surface area contributed by atoms with E-state index in [9.17, 15) is 9.59 Å². The van der Waals surface area contributed by atoms with Gasteiger partial charge in [-0.15, -0.1) is 24.2 Å². The van der Waals surface area contributed by atoms with Crippen molar-refractivity contribution in [1.29, 1.82) is 0 Å². The largest absolute Gasteiger partial charge is 0.351 e. The second-order valence-electron chi connectivity index (χ2n) is 6.16. The van der Waals surface area contributed by atoms with E-state index in [4.69, 9.17) is 0 Å². The van der Waals surface area contributed by atoms with Gasteiger partial charge in [0.1, 0.15) is 0 Å². The molecule has 0 spiro atoms. The molecule has 5 nitrogen and oxygen atoms in total. The molecule has 1 aromatic rings. The monoisotopic (exact) mass is 369 g/mol. The number of amides is 2. The third kappa shape index (κ3) is 5.13. The standard InChI is InChI=1S/C17H23N3O2S.ClH/c21-16(13-5-1-2-6-13)20-14-7-3-4-12(8-14)9-18-17(22)15-10-23-11-19-15;/h3-4,7-8,13,15,19H,1-2,5-6,9-11H2,(H,18,22)(H,20,21);1H. The fourth-order valence-corrected chi connectivity index (χ4v) is 4.01. The molecule has 1 aliphatic heterocycles. The highest BCUT2D eigenvalue weighted by atomic mass is 35.5. The third-order valence-electron chi connectivity index (χ3n) is 4.42. The van der Waals surface area contributed by atoms with Crippen LogP contribution in [0.15, 0.2) is 24.3 Å². The van der Waals surface area contributed by atoms with E-state index in [2.05, 4.69) is 16.0 Å². The Bertz CT molecular complexity index is 573. The summed E-state index contributed by atoms with van der Waals surface area (Å²) in [5.41, 5.74) is 1.80. The number of thioether (sulfide) groups is 1. The van der Waals surface area contributed by atoms with E-state index in [1.54, 1.807) is 11.8 Å². The quantitative estimate of drug-likeness (QED) is 0.745. The maximum absolute atomic E-state index is 12.2. The summed E-state index contributed by atoms with van der Waals surface area (Å²) in [5.74, 6) is 1.97. The average molecular weight is 370 g/mol. The lowest BCUT2D eigenvalue weighted by Gasteiger charge is -2.13. The first kappa shape index (κ1) is 19.1. The van der Waals surface area contributed by atoms with Gasteiger partial charge in [0.15, 0.2) is 0 Å². The van der Waals surface area contributed by atoms with Gasteiger partial charge in [-0.25, -0.2) is 0 Å². The Morgan fingerprint density at radius 1 is 1.21 bits per heavy atom. The Balaban J connectivity index is 0.00000208. The predicted octanol–water partition coefficient (Wildman–Crippen LogP) is 2.52. The summed E-state index contributed by atoms with van der Waals surface area (Å²) in [6.45, 7) is 0.481. The minimum Gasteiger partial charge on any atom is -0.351 e. The van der Waals surface area contributed by atoms with Crippen molar-refractivity contribution in [2.75, 3.05) is 16.9 Å². The molecule has 24 heavy (non-hydrogen) atoms. The van der Waals surface area contributed by atoms with Gasteiger partial charge in [-0.2, -0.15) is 0 Å². The van der Waals surface area contributed by atoms with Gasteiger partial charge >= 0.3 is 0 Å². The number of halogens is 1. The Kier molecular flexibility index (Phi) is 7.40. The smallest absolute Gasteiger partial charge is 0.238 e. The lowest BCUT2D eigenvalue weighted by Crippen LogP contribution is -2.41. The van der Waals surface area contributed by atoms with Crippen molar-refractivity contribution in [3.8, 4) is 0 Å². The number of hydrogen-bond acceptors (Lipinski definition) is 4. The summed E-state index contributed by atoms with van der Waals surface area (Å²) in [6.07, 6.45) is 4.29. The molecule has 1 heterocycles. The minimum atomic E-state index is -0.0924. The van der Waals surface area contributed by atoms with Crippen molar-refractivity contribution in [2.24, 2.45) is 5.92 Å². The number of carbonyl (C=O) groups is 2. The van der Waals surface area contributed by atoms with Gasteiger partial charge < -0.3 is 10.6 Å². The van der Waals surface area contributed by atoms with Crippen molar-refractivity contribution in [2.45, 2.75) is 38.3 Å². The number of hydrogen-bond donors (Lipinski definition) is 3. The van der Waals surface area contributed by atoms with Crippen LogP contribution in [0.5, 0.6) is 0 Å². The third-order valence-corrected chi connectivity index (χ3v) is 5.36. The molecule has 1 atom stereocenters. The fourth-order valence-electron chi connectivity index (χ4n) is 3.07. The van der Waals surface area contributed by atoms with Gasteiger partial charge in [0.2, 0.25) is 11.8 Å². The van der Waals surface area contributed by atoms with Crippen LogP contribution in [0, 0.1) is 5.92 Å². The zero-order valence-electron chi connectivity index (χ0n) is 13.5. The van der Waals surface area contributed by atoms with Crippen LogP contribution in [0.25, 0.3) is 0 Å². The number of rotatable bonds is 5. The van der Waals surface area contributed by atoms with Crippen LogP contribution in [0.4, 0.5) is 5.69 Å². The summed E-state index contributed by atoms with van der Waals surface area (Å²) >= 11 is 1.73. The van der Waals surface area contributed by atoms with Gasteiger partial charge in [-0.1, -0.05) is 25.0 Å². The lowest BCUT2D eigenvalue weighted by molar-refractivity contribution is -0.122. The molecule has 0 aromatic heterocycles. The Morgan fingerprint density at radius 2 is 2.00 bits per heavy atom. The van der Waals surface area contributed by atoms with E-state index in [0.29, 0.717) is 6.54 Å². The molecule has 1 aromatic carbocycles. The van der Waals surface area contributed by atoms with Crippen molar-refractivity contribution < 1.29 is 9.59 Å². The van der Waals surface area contributed by atoms with Crippen molar-refractivity contribution >= 4 is 41.7 Å². The van der Waals surface area contributed by atoms with Crippen LogP contribution in [-0.4, -0.2) is 29.5 Å². The summed E-state index contributed by atoms with van der Waals surface area (Å²) in [5, 5.41) is 9.10. The molecule has 2 amide bonds. The maximum Gasteiger partial charge on any atom is 0.238 e. The van der Waals surface area contributed by atoms with Crippen LogP contribution in [0.2, 0.25) is 0 Å². The van der Waals surface area contributed by atoms with Crippen molar-refractivity contribution in [1.82, 2.24) is 10.6 Å². The van der Waals surface area contributed by atoms with Crippen LogP contribution < -0.4 is 16.0 Å². The minimum absolute atomic E-state index is 0. The van der Waals surface area contributed by atoms with Gasteiger partial charge in [0.05, 0.1) is 6.04 Å². The molecule has 3 rings (SSSR count). The Hall–Kier alpha value is -1.24. The summed E-state index contributed by atoms with van der Waals surface area (Å²) < 4.78 is 0. The zero-order valence-corrected chi connectivity index (χ0v) is 15.2. The topological polar surface area (TPSA) is 70.2 Å².